The average Bonchev–Trinajstić information content (AvgIpc) is 2.19. The Bertz CT molecular complexity index is 350. The van der Waals surface area contributed by atoms with E-state index in [2.05, 4.69) is 0 Å². The fraction of sp³-hybridized carbons (Fsp3) is 0.364. The number of hydrogen-bond donors (Lipinski definition) is 0. The largest absolute Gasteiger partial charge is 0.497 e. The first kappa shape index (κ1) is 9.06. The lowest BCUT2D eigenvalue weighted by Gasteiger charge is -2.25. The van der Waals surface area contributed by atoms with Gasteiger partial charge in [-0.1, -0.05) is 12.2 Å². The fourth-order valence-electron chi connectivity index (χ4n) is 1.55. The van der Waals surface area contributed by atoms with Gasteiger partial charge < -0.3 is 9.47 Å². The second-order valence-electron chi connectivity index (χ2n) is 3.42. The van der Waals surface area contributed by atoms with Crippen molar-refractivity contribution in [3.8, 4) is 0 Å². The fourth-order valence-corrected chi connectivity index (χ4v) is 1.55. The first-order valence-corrected chi connectivity index (χ1v) is 4.57. The summed E-state index contributed by atoms with van der Waals surface area (Å²) in [4.78, 5) is 11.3. The Balaban J connectivity index is 2.29. The molecule has 14 heavy (non-hydrogen) atoms. The van der Waals surface area contributed by atoms with E-state index in [0.717, 1.165) is 11.3 Å². The number of hydrogen-bond acceptors (Lipinski definition) is 3. The maximum absolute atomic E-state index is 11.3. The second kappa shape index (κ2) is 3.33. The molecular formula is C11H12O3. The first-order valence-electron chi connectivity index (χ1n) is 4.57. The van der Waals surface area contributed by atoms with Crippen LogP contribution in [-0.4, -0.2) is 19.2 Å². The molecule has 2 atom stereocenters. The molecule has 1 aliphatic carbocycles. The molecule has 0 fully saturated rings. The van der Waals surface area contributed by atoms with Crippen molar-refractivity contribution in [2.45, 2.75) is 13.0 Å². The quantitative estimate of drug-likeness (QED) is 0.591. The van der Waals surface area contributed by atoms with E-state index in [-0.39, 0.29) is 18.0 Å². The Kier molecular flexibility index (Phi) is 2.15. The Morgan fingerprint density at radius 2 is 2.14 bits per heavy atom. The van der Waals surface area contributed by atoms with Crippen molar-refractivity contribution in [3.63, 3.8) is 0 Å². The number of esters is 1. The SMILES string of the molecule is COC1=CC2OC(=O)C(C)C=C2C=C1. The van der Waals surface area contributed by atoms with E-state index in [1.54, 1.807) is 13.2 Å². The van der Waals surface area contributed by atoms with Gasteiger partial charge in [-0.3, -0.25) is 4.79 Å². The molecule has 0 aromatic rings. The smallest absolute Gasteiger partial charge is 0.313 e. The van der Waals surface area contributed by atoms with Gasteiger partial charge in [0.05, 0.1) is 13.0 Å². The molecule has 2 aliphatic rings. The topological polar surface area (TPSA) is 35.5 Å². The number of carbonyl (C=O) groups is 1. The molecule has 3 nitrogen and oxygen atoms in total. The van der Waals surface area contributed by atoms with Gasteiger partial charge in [0.2, 0.25) is 0 Å². The third-order valence-corrected chi connectivity index (χ3v) is 2.38. The van der Waals surface area contributed by atoms with E-state index < -0.39 is 0 Å². The highest BCUT2D eigenvalue weighted by atomic mass is 16.5. The van der Waals surface area contributed by atoms with Crippen LogP contribution in [0, 0.1) is 5.92 Å². The number of ether oxygens (including phenoxy) is 2. The lowest BCUT2D eigenvalue weighted by molar-refractivity contribution is -0.149. The van der Waals surface area contributed by atoms with Gasteiger partial charge in [0.1, 0.15) is 11.9 Å². The van der Waals surface area contributed by atoms with Crippen LogP contribution < -0.4 is 0 Å². The maximum atomic E-state index is 11.3. The van der Waals surface area contributed by atoms with Crippen LogP contribution in [-0.2, 0) is 14.3 Å². The minimum Gasteiger partial charge on any atom is -0.497 e. The van der Waals surface area contributed by atoms with Gasteiger partial charge in [0.15, 0.2) is 0 Å². The number of rotatable bonds is 1. The third kappa shape index (κ3) is 1.45. The summed E-state index contributed by atoms with van der Waals surface area (Å²) in [5, 5.41) is 0. The molecule has 0 amide bonds. The molecule has 0 N–H and O–H groups in total. The highest BCUT2D eigenvalue weighted by Gasteiger charge is 2.27. The summed E-state index contributed by atoms with van der Waals surface area (Å²) in [7, 11) is 1.60. The Morgan fingerprint density at radius 1 is 1.36 bits per heavy atom. The van der Waals surface area contributed by atoms with E-state index in [4.69, 9.17) is 9.47 Å². The monoisotopic (exact) mass is 192 g/mol. The molecule has 3 heteroatoms. The lowest BCUT2D eigenvalue weighted by Crippen LogP contribution is -2.28. The average molecular weight is 192 g/mol. The van der Waals surface area contributed by atoms with Crippen LogP contribution in [0.1, 0.15) is 6.92 Å². The van der Waals surface area contributed by atoms with Crippen molar-refractivity contribution in [1.82, 2.24) is 0 Å². The van der Waals surface area contributed by atoms with Crippen LogP contribution in [0.15, 0.2) is 35.6 Å². The van der Waals surface area contributed by atoms with Crippen molar-refractivity contribution >= 4 is 5.97 Å². The zero-order chi connectivity index (χ0) is 10.1. The number of carbonyl (C=O) groups excluding carboxylic acids is 1. The molecule has 74 valence electrons. The van der Waals surface area contributed by atoms with E-state index in [1.807, 2.05) is 25.2 Å². The minimum absolute atomic E-state index is 0.150. The Morgan fingerprint density at radius 3 is 2.86 bits per heavy atom. The normalized spacial score (nSPS) is 30.0. The highest BCUT2D eigenvalue weighted by Crippen LogP contribution is 2.26. The van der Waals surface area contributed by atoms with E-state index in [9.17, 15) is 4.79 Å². The highest BCUT2D eigenvalue weighted by molar-refractivity contribution is 5.77. The lowest BCUT2D eigenvalue weighted by atomic mass is 9.96. The van der Waals surface area contributed by atoms with Gasteiger partial charge in [-0.25, -0.2) is 0 Å². The molecule has 1 aliphatic heterocycles. The van der Waals surface area contributed by atoms with Gasteiger partial charge in [-0.15, -0.1) is 0 Å². The molecule has 0 bridgehead atoms. The van der Waals surface area contributed by atoms with Crippen LogP contribution in [0.2, 0.25) is 0 Å². The summed E-state index contributed by atoms with van der Waals surface area (Å²) in [6, 6.07) is 0. The molecule has 0 saturated carbocycles. The molecule has 1 heterocycles. The summed E-state index contributed by atoms with van der Waals surface area (Å²) < 4.78 is 10.3. The van der Waals surface area contributed by atoms with Crippen LogP contribution in [0.5, 0.6) is 0 Å². The van der Waals surface area contributed by atoms with Crippen LogP contribution in [0.25, 0.3) is 0 Å². The predicted molar refractivity (Wildman–Crippen MR) is 51.4 cm³/mol. The zero-order valence-electron chi connectivity index (χ0n) is 8.19. The van der Waals surface area contributed by atoms with Crippen LogP contribution in [0.4, 0.5) is 0 Å². The molecule has 0 spiro atoms. The van der Waals surface area contributed by atoms with Crippen molar-refractivity contribution in [1.29, 1.82) is 0 Å². The number of fused-ring (bicyclic) bond motifs is 1. The van der Waals surface area contributed by atoms with Crippen molar-refractivity contribution in [2.75, 3.05) is 7.11 Å². The summed E-state index contributed by atoms with van der Waals surface area (Å²) in [5.41, 5.74) is 1.03. The summed E-state index contributed by atoms with van der Waals surface area (Å²) in [5.74, 6) is 0.402. The molecule has 2 rings (SSSR count). The standard InChI is InChI=1S/C11H12O3/c1-7-5-8-3-4-9(13-2)6-10(8)14-11(7)12/h3-7,10H,1-2H3. The van der Waals surface area contributed by atoms with Gasteiger partial charge in [-0.2, -0.15) is 0 Å². The maximum Gasteiger partial charge on any atom is 0.313 e. The molecule has 0 saturated heterocycles. The number of allylic oxidation sites excluding steroid dienone is 1. The van der Waals surface area contributed by atoms with Crippen LogP contribution >= 0.6 is 0 Å². The van der Waals surface area contributed by atoms with Gasteiger partial charge in [-0.05, 0) is 18.6 Å². The predicted octanol–water partition coefficient (Wildman–Crippen LogP) is 1.57. The van der Waals surface area contributed by atoms with Crippen LogP contribution in [0.3, 0.4) is 0 Å². The molecule has 2 unspecified atom stereocenters. The molecule has 0 radical (unpaired) electrons. The van der Waals surface area contributed by atoms with Crippen molar-refractivity contribution in [3.05, 3.63) is 35.6 Å². The summed E-state index contributed by atoms with van der Waals surface area (Å²) in [6.45, 7) is 1.83. The molecular weight excluding hydrogens is 180 g/mol. The molecule has 0 aromatic heterocycles. The van der Waals surface area contributed by atoms with E-state index in [0.29, 0.717) is 0 Å². The Hall–Kier alpha value is -1.51. The van der Waals surface area contributed by atoms with Gasteiger partial charge in [0, 0.05) is 6.08 Å². The minimum atomic E-state index is -0.265. The first-order chi connectivity index (χ1) is 6.70. The van der Waals surface area contributed by atoms with Gasteiger partial charge >= 0.3 is 5.97 Å². The van der Waals surface area contributed by atoms with Crippen molar-refractivity contribution < 1.29 is 14.3 Å². The van der Waals surface area contributed by atoms with E-state index in [1.165, 1.54) is 0 Å². The Labute approximate surface area is 82.7 Å². The van der Waals surface area contributed by atoms with Gasteiger partial charge in [0.25, 0.3) is 0 Å². The molecule has 0 aromatic carbocycles. The zero-order valence-corrected chi connectivity index (χ0v) is 8.19. The number of methoxy groups -OCH3 is 1. The summed E-state index contributed by atoms with van der Waals surface area (Å²) >= 11 is 0. The van der Waals surface area contributed by atoms with E-state index >= 15 is 0 Å². The second-order valence-corrected chi connectivity index (χ2v) is 3.42. The summed E-state index contributed by atoms with van der Waals surface area (Å²) in [6.07, 6.45) is 7.25. The third-order valence-electron chi connectivity index (χ3n) is 2.38. The van der Waals surface area contributed by atoms with Crippen molar-refractivity contribution in [2.24, 2.45) is 5.92 Å².